The fourth-order valence-corrected chi connectivity index (χ4v) is 5.69. The van der Waals surface area contributed by atoms with E-state index in [1.54, 1.807) is 11.3 Å². The van der Waals surface area contributed by atoms with Gasteiger partial charge in [-0.1, -0.05) is 12.1 Å². The summed E-state index contributed by atoms with van der Waals surface area (Å²) < 4.78 is 3.20. The molecule has 2 N–H and O–H groups in total. The molecular weight excluding hydrogens is 396 g/mol. The maximum Gasteiger partial charge on any atom is 0.229 e. The predicted octanol–water partition coefficient (Wildman–Crippen LogP) is 2.47. The summed E-state index contributed by atoms with van der Waals surface area (Å²) in [5.74, 6) is 1.26. The van der Waals surface area contributed by atoms with Crippen molar-refractivity contribution in [2.24, 2.45) is 0 Å². The molecule has 1 aromatic carbocycles. The number of nitrogens with zero attached hydrogens (tertiary/aromatic N) is 4. The molecular formula is C22H25N6OS+. The Hall–Kier alpha value is -2.84. The van der Waals surface area contributed by atoms with Gasteiger partial charge in [-0.15, -0.1) is 11.3 Å². The van der Waals surface area contributed by atoms with E-state index >= 15 is 0 Å². The minimum absolute atomic E-state index is 0.189. The number of para-hydroxylation sites is 1. The molecule has 7 nitrogen and oxygen atoms in total. The Morgan fingerprint density at radius 3 is 3.00 bits per heavy atom. The van der Waals surface area contributed by atoms with Gasteiger partial charge in [0.1, 0.15) is 17.9 Å². The molecule has 0 aliphatic carbocycles. The number of hydrogen-bond donors (Lipinski definition) is 2. The first kappa shape index (κ1) is 19.1. The van der Waals surface area contributed by atoms with Crippen molar-refractivity contribution in [1.29, 1.82) is 0 Å². The zero-order valence-electron chi connectivity index (χ0n) is 17.2. The van der Waals surface area contributed by atoms with Gasteiger partial charge in [-0.3, -0.25) is 9.36 Å². The SMILES string of the molecule is Cc1cc(C(=O)C[NH+]2CCC[C@@H](c3nc4ccccc4s3)C2)c(C)n1-c1ncn[nH]1. The molecule has 3 aromatic heterocycles. The molecule has 0 radical (unpaired) electrons. The van der Waals surface area contributed by atoms with Crippen molar-refractivity contribution in [2.75, 3.05) is 19.6 Å². The van der Waals surface area contributed by atoms with Gasteiger partial charge in [-0.2, -0.15) is 10.1 Å². The highest BCUT2D eigenvalue weighted by Crippen LogP contribution is 2.30. The fourth-order valence-electron chi connectivity index (χ4n) is 4.59. The number of piperidine rings is 1. The summed E-state index contributed by atoms with van der Waals surface area (Å²) in [4.78, 5) is 23.6. The van der Waals surface area contributed by atoms with Crippen molar-refractivity contribution in [2.45, 2.75) is 32.6 Å². The molecule has 1 aliphatic heterocycles. The number of ketones is 1. The first-order valence-electron chi connectivity index (χ1n) is 10.4. The highest BCUT2D eigenvalue weighted by Gasteiger charge is 2.29. The van der Waals surface area contributed by atoms with Crippen LogP contribution in [0.3, 0.4) is 0 Å². The van der Waals surface area contributed by atoms with Crippen molar-refractivity contribution in [3.63, 3.8) is 0 Å². The van der Waals surface area contributed by atoms with Crippen molar-refractivity contribution < 1.29 is 9.69 Å². The lowest BCUT2D eigenvalue weighted by atomic mass is 9.98. The average Bonchev–Trinajstić information content (AvgIpc) is 3.47. The van der Waals surface area contributed by atoms with Crippen LogP contribution in [0.25, 0.3) is 16.2 Å². The van der Waals surface area contributed by atoms with Gasteiger partial charge in [0.05, 0.1) is 29.2 Å². The van der Waals surface area contributed by atoms with Crippen LogP contribution in [0.1, 0.15) is 45.5 Å². The number of fused-ring (bicyclic) bond motifs is 1. The molecule has 0 amide bonds. The van der Waals surface area contributed by atoms with Gasteiger partial charge in [-0.05, 0) is 44.9 Å². The van der Waals surface area contributed by atoms with E-state index in [1.165, 1.54) is 20.9 Å². The zero-order chi connectivity index (χ0) is 20.7. The number of thiazole rings is 1. The van der Waals surface area contributed by atoms with Crippen LogP contribution in [0.15, 0.2) is 36.7 Å². The second kappa shape index (κ2) is 7.77. The molecule has 0 spiro atoms. The number of aryl methyl sites for hydroxylation is 1. The number of Topliss-reactive ketones (excluding diaryl/α,β-unsaturated/α-hetero) is 1. The maximum absolute atomic E-state index is 13.2. The standard InChI is InChI=1S/C22H24N6OS/c1-14-10-17(15(2)28(14)22-23-13-24-26-22)19(29)12-27-9-5-6-16(11-27)21-25-18-7-3-4-8-20(18)30-21/h3-4,7-8,10,13,16H,5-6,9,11-12H2,1-2H3,(H,23,24,26)/p+1/t16-/m1/s1. The van der Waals surface area contributed by atoms with Crippen molar-refractivity contribution in [3.05, 3.63) is 58.6 Å². The van der Waals surface area contributed by atoms with Gasteiger partial charge in [0.25, 0.3) is 0 Å². The van der Waals surface area contributed by atoms with Crippen LogP contribution < -0.4 is 4.90 Å². The van der Waals surface area contributed by atoms with Crippen LogP contribution >= 0.6 is 11.3 Å². The Kier molecular flexibility index (Phi) is 4.96. The van der Waals surface area contributed by atoms with Gasteiger partial charge in [0, 0.05) is 17.0 Å². The number of aromatic nitrogens is 5. The molecule has 0 saturated carbocycles. The second-order valence-corrected chi connectivity index (χ2v) is 9.15. The number of quaternary nitrogens is 1. The molecule has 1 aliphatic rings. The lowest BCUT2D eigenvalue weighted by Crippen LogP contribution is -3.14. The molecule has 1 fully saturated rings. The molecule has 30 heavy (non-hydrogen) atoms. The van der Waals surface area contributed by atoms with E-state index in [-0.39, 0.29) is 5.78 Å². The quantitative estimate of drug-likeness (QED) is 0.485. The Bertz CT molecular complexity index is 1160. The van der Waals surface area contributed by atoms with Crippen molar-refractivity contribution in [3.8, 4) is 5.95 Å². The van der Waals surface area contributed by atoms with Gasteiger partial charge in [0.15, 0.2) is 0 Å². The molecule has 4 aromatic rings. The average molecular weight is 422 g/mol. The predicted molar refractivity (Wildman–Crippen MR) is 117 cm³/mol. The molecule has 5 rings (SSSR count). The molecule has 1 unspecified atom stereocenters. The van der Waals surface area contributed by atoms with Gasteiger partial charge in [0.2, 0.25) is 11.7 Å². The summed E-state index contributed by atoms with van der Waals surface area (Å²) in [6.07, 6.45) is 3.76. The number of hydrogen-bond acceptors (Lipinski definition) is 5. The first-order chi connectivity index (χ1) is 14.6. The molecule has 4 heterocycles. The van der Waals surface area contributed by atoms with Gasteiger partial charge >= 0.3 is 0 Å². The fraction of sp³-hybridized carbons (Fsp3) is 0.364. The highest BCUT2D eigenvalue weighted by molar-refractivity contribution is 7.18. The maximum atomic E-state index is 13.2. The third-order valence-electron chi connectivity index (χ3n) is 6.03. The monoisotopic (exact) mass is 421 g/mol. The van der Waals surface area contributed by atoms with Crippen LogP contribution in [0.4, 0.5) is 0 Å². The summed E-state index contributed by atoms with van der Waals surface area (Å²) >= 11 is 1.80. The number of H-pyrrole nitrogens is 1. The van der Waals surface area contributed by atoms with Crippen LogP contribution in [-0.4, -0.2) is 50.1 Å². The lowest BCUT2D eigenvalue weighted by Gasteiger charge is -2.28. The van der Waals surface area contributed by atoms with E-state index < -0.39 is 0 Å². The number of carbonyl (C=O) groups is 1. The largest absolute Gasteiger partial charge is 0.328 e. The topological polar surface area (TPSA) is 80.9 Å². The summed E-state index contributed by atoms with van der Waals surface area (Å²) in [5, 5.41) is 8.03. The van der Waals surface area contributed by atoms with Gasteiger partial charge in [-0.25, -0.2) is 10.1 Å². The van der Waals surface area contributed by atoms with E-state index in [9.17, 15) is 4.79 Å². The number of carbonyl (C=O) groups excluding carboxylic acids is 1. The molecule has 1 saturated heterocycles. The summed E-state index contributed by atoms with van der Waals surface area (Å²) in [5.41, 5.74) is 3.75. The normalized spacial score (nSPS) is 19.4. The van der Waals surface area contributed by atoms with Gasteiger partial charge < -0.3 is 4.90 Å². The van der Waals surface area contributed by atoms with Crippen LogP contribution in [0.2, 0.25) is 0 Å². The third-order valence-corrected chi connectivity index (χ3v) is 7.23. The molecule has 0 bridgehead atoms. The number of likely N-dealkylation sites (tertiary alicyclic amines) is 1. The summed E-state index contributed by atoms with van der Waals surface area (Å²) in [7, 11) is 0. The molecule has 2 atom stereocenters. The molecule has 154 valence electrons. The van der Waals surface area contributed by atoms with E-state index in [2.05, 4.69) is 33.4 Å². The Morgan fingerprint density at radius 2 is 2.20 bits per heavy atom. The second-order valence-electron chi connectivity index (χ2n) is 8.09. The van der Waals surface area contributed by atoms with Crippen LogP contribution in [-0.2, 0) is 0 Å². The van der Waals surface area contributed by atoms with E-state index in [4.69, 9.17) is 4.98 Å². The summed E-state index contributed by atoms with van der Waals surface area (Å²) in [6, 6.07) is 10.3. The Morgan fingerprint density at radius 1 is 1.33 bits per heavy atom. The smallest absolute Gasteiger partial charge is 0.229 e. The van der Waals surface area contributed by atoms with E-state index in [0.29, 0.717) is 18.4 Å². The minimum Gasteiger partial charge on any atom is -0.328 e. The molecule has 8 heteroatoms. The number of nitrogens with one attached hydrogen (secondary N) is 2. The lowest BCUT2D eigenvalue weighted by molar-refractivity contribution is -0.897. The summed E-state index contributed by atoms with van der Waals surface area (Å²) in [6.45, 7) is 6.48. The Labute approximate surface area is 178 Å². The van der Waals surface area contributed by atoms with E-state index in [1.807, 2.05) is 30.5 Å². The highest BCUT2D eigenvalue weighted by atomic mass is 32.1. The van der Waals surface area contributed by atoms with Crippen molar-refractivity contribution in [1.82, 2.24) is 24.7 Å². The number of aromatic amines is 1. The third kappa shape index (κ3) is 3.46. The Balaban J connectivity index is 1.32. The zero-order valence-corrected chi connectivity index (χ0v) is 18.0. The van der Waals surface area contributed by atoms with Crippen LogP contribution in [0, 0.1) is 13.8 Å². The van der Waals surface area contributed by atoms with E-state index in [0.717, 1.165) is 48.4 Å². The minimum atomic E-state index is 0.189. The van der Waals surface area contributed by atoms with Crippen molar-refractivity contribution >= 4 is 27.3 Å². The van der Waals surface area contributed by atoms with Crippen LogP contribution in [0.5, 0.6) is 0 Å². The number of benzene rings is 1. The first-order valence-corrected chi connectivity index (χ1v) is 11.2. The number of rotatable bonds is 5.